The van der Waals surface area contributed by atoms with Gasteiger partial charge in [-0.05, 0) is 47.0 Å². The number of hydrogen-bond acceptors (Lipinski definition) is 6. The van der Waals surface area contributed by atoms with Crippen molar-refractivity contribution in [1.29, 1.82) is 0 Å². The molecule has 11 heteroatoms. The van der Waals surface area contributed by atoms with Crippen molar-refractivity contribution in [3.8, 4) is 5.75 Å². The lowest BCUT2D eigenvalue weighted by molar-refractivity contribution is -0.141. The Bertz CT molecular complexity index is 1220. The van der Waals surface area contributed by atoms with Gasteiger partial charge in [-0.3, -0.25) is 0 Å². The molecule has 2 aromatic carbocycles. The molecule has 7 nitrogen and oxygen atoms in total. The molecular weight excluding hydrogens is 459 g/mol. The van der Waals surface area contributed by atoms with Crippen LogP contribution in [0.3, 0.4) is 0 Å². The highest BCUT2D eigenvalue weighted by molar-refractivity contribution is 6.30. The van der Waals surface area contributed by atoms with Crippen LogP contribution >= 0.6 is 11.6 Å². The molecule has 0 spiro atoms. The minimum absolute atomic E-state index is 0.0638. The minimum Gasteiger partial charge on any atom is -0.477 e. The molecule has 0 fully saturated rings. The van der Waals surface area contributed by atoms with E-state index in [0.717, 1.165) is 5.56 Å². The van der Waals surface area contributed by atoms with Crippen molar-refractivity contribution >= 4 is 22.6 Å². The summed E-state index contributed by atoms with van der Waals surface area (Å²) in [5.74, 6) is 0.795. The van der Waals surface area contributed by atoms with Crippen molar-refractivity contribution in [3.63, 3.8) is 0 Å². The zero-order valence-electron chi connectivity index (χ0n) is 17.9. The fourth-order valence-corrected chi connectivity index (χ4v) is 3.91. The maximum absolute atomic E-state index is 13.5. The first-order valence-corrected chi connectivity index (χ1v) is 10.9. The van der Waals surface area contributed by atoms with Crippen molar-refractivity contribution in [1.82, 2.24) is 25.8 Å². The molecule has 2 heterocycles. The molecule has 174 valence electrons. The molecule has 0 bridgehead atoms. The van der Waals surface area contributed by atoms with Gasteiger partial charge in [-0.25, -0.2) is 5.10 Å². The highest BCUT2D eigenvalue weighted by atomic mass is 35.5. The quantitative estimate of drug-likeness (QED) is 0.329. The van der Waals surface area contributed by atoms with Crippen molar-refractivity contribution in [3.05, 3.63) is 63.6 Å². The van der Waals surface area contributed by atoms with E-state index in [9.17, 15) is 13.2 Å². The summed E-state index contributed by atoms with van der Waals surface area (Å²) in [6.07, 6.45) is -3.05. The number of tetrazole rings is 1. The molecular formula is C22H21ClF3N5O2. The number of rotatable bonds is 8. The summed E-state index contributed by atoms with van der Waals surface area (Å²) in [5, 5.41) is 17.8. The van der Waals surface area contributed by atoms with Gasteiger partial charge in [-0.2, -0.15) is 13.2 Å². The van der Waals surface area contributed by atoms with Gasteiger partial charge in [0.2, 0.25) is 0 Å². The number of nitrogens with zero attached hydrogens (tertiary/aromatic N) is 4. The Balaban J connectivity index is 1.91. The van der Waals surface area contributed by atoms with Crippen molar-refractivity contribution in [2.45, 2.75) is 51.8 Å². The molecule has 0 aliphatic carbocycles. The molecule has 0 aliphatic heterocycles. The maximum atomic E-state index is 13.5. The molecule has 0 saturated heterocycles. The number of benzene rings is 2. The van der Waals surface area contributed by atoms with Gasteiger partial charge in [-0.15, -0.1) is 5.10 Å². The number of aryl methyl sites for hydroxylation is 2. The van der Waals surface area contributed by atoms with Crippen LogP contribution in [0.2, 0.25) is 5.02 Å². The Kier molecular flexibility index (Phi) is 6.55. The molecule has 1 unspecified atom stereocenters. The number of nitrogens with one attached hydrogen (secondary N) is 1. The third-order valence-corrected chi connectivity index (χ3v) is 5.44. The zero-order chi connectivity index (χ0) is 23.6. The number of aromatic amines is 1. The predicted molar refractivity (Wildman–Crippen MR) is 115 cm³/mol. The summed E-state index contributed by atoms with van der Waals surface area (Å²) in [6, 6.07) is 8.45. The molecule has 1 atom stereocenters. The lowest BCUT2D eigenvalue weighted by atomic mass is 9.97. The van der Waals surface area contributed by atoms with Gasteiger partial charge in [0.05, 0.1) is 5.39 Å². The third-order valence-electron chi connectivity index (χ3n) is 5.19. The number of aromatic nitrogens is 5. The van der Waals surface area contributed by atoms with Gasteiger partial charge in [0, 0.05) is 16.1 Å². The molecule has 2 aromatic heterocycles. The van der Waals surface area contributed by atoms with E-state index in [1.807, 2.05) is 13.8 Å². The van der Waals surface area contributed by atoms with E-state index < -0.39 is 18.0 Å². The van der Waals surface area contributed by atoms with Crippen molar-refractivity contribution in [2.75, 3.05) is 0 Å². The van der Waals surface area contributed by atoms with Gasteiger partial charge < -0.3 is 9.26 Å². The molecule has 0 amide bonds. The average molecular weight is 480 g/mol. The summed E-state index contributed by atoms with van der Waals surface area (Å²) in [5.41, 5.74) is 0.926. The second kappa shape index (κ2) is 9.38. The number of alkyl halides is 3. The van der Waals surface area contributed by atoms with E-state index >= 15 is 0 Å². The van der Waals surface area contributed by atoms with Crippen LogP contribution in [0.25, 0.3) is 11.0 Å². The normalized spacial score (nSPS) is 12.9. The first-order chi connectivity index (χ1) is 15.8. The first-order valence-electron chi connectivity index (χ1n) is 10.5. The largest absolute Gasteiger partial charge is 0.477 e. The summed E-state index contributed by atoms with van der Waals surface area (Å²) in [6.45, 7) is 3.88. The van der Waals surface area contributed by atoms with Gasteiger partial charge in [0.25, 0.3) is 0 Å². The van der Waals surface area contributed by atoms with E-state index in [4.69, 9.17) is 20.9 Å². The van der Waals surface area contributed by atoms with Crippen LogP contribution in [0.5, 0.6) is 5.75 Å². The van der Waals surface area contributed by atoms with E-state index in [1.54, 1.807) is 24.3 Å². The van der Waals surface area contributed by atoms with E-state index in [1.165, 1.54) is 6.07 Å². The number of halogens is 4. The number of H-pyrrole nitrogens is 1. The van der Waals surface area contributed by atoms with Crippen LogP contribution < -0.4 is 4.74 Å². The molecule has 0 aliphatic rings. The Morgan fingerprint density at radius 2 is 1.85 bits per heavy atom. The van der Waals surface area contributed by atoms with Crippen LogP contribution in [0.4, 0.5) is 13.2 Å². The van der Waals surface area contributed by atoms with E-state index in [-0.39, 0.29) is 11.0 Å². The topological polar surface area (TPSA) is 89.7 Å². The fraction of sp³-hybridized carbons (Fsp3) is 0.364. The molecule has 0 radical (unpaired) electrons. The smallest absolute Gasteiger partial charge is 0.437 e. The monoisotopic (exact) mass is 479 g/mol. The van der Waals surface area contributed by atoms with Gasteiger partial charge >= 0.3 is 6.18 Å². The lowest BCUT2D eigenvalue weighted by Crippen LogP contribution is -2.14. The van der Waals surface area contributed by atoms with Crippen molar-refractivity contribution in [2.24, 2.45) is 0 Å². The standard InChI is InChI=1S/C22H21ClF3N5O2/c1-3-5-13-11-16-19(33-29-20(16)22(24,25)26)15(6-4-2)17(13)32-18(21-27-30-31-28-21)12-7-9-14(23)10-8-12/h7-11,18H,3-6H2,1-2H3,(H,27,28,30,31). The van der Waals surface area contributed by atoms with Gasteiger partial charge in [0.15, 0.2) is 23.2 Å². The molecule has 4 aromatic rings. The Labute approximate surface area is 192 Å². The van der Waals surface area contributed by atoms with Gasteiger partial charge in [0.1, 0.15) is 5.75 Å². The van der Waals surface area contributed by atoms with Crippen LogP contribution in [0.1, 0.15) is 61.0 Å². The van der Waals surface area contributed by atoms with Crippen LogP contribution in [0.15, 0.2) is 34.9 Å². The Hall–Kier alpha value is -3.14. The second-order valence-electron chi connectivity index (χ2n) is 7.58. The average Bonchev–Trinajstić information content (AvgIpc) is 3.44. The predicted octanol–water partition coefficient (Wildman–Crippen LogP) is 6.09. The maximum Gasteiger partial charge on any atom is 0.437 e. The van der Waals surface area contributed by atoms with Crippen LogP contribution in [0, 0.1) is 0 Å². The number of hydrogen-bond donors (Lipinski definition) is 1. The molecule has 1 N–H and O–H groups in total. The minimum atomic E-state index is -4.63. The van der Waals surface area contributed by atoms with Crippen LogP contribution in [-0.2, 0) is 19.0 Å². The molecule has 0 saturated carbocycles. The lowest BCUT2D eigenvalue weighted by Gasteiger charge is -2.22. The highest BCUT2D eigenvalue weighted by Crippen LogP contribution is 2.42. The first kappa shape index (κ1) is 23.0. The van der Waals surface area contributed by atoms with Crippen molar-refractivity contribution < 1.29 is 22.4 Å². The number of fused-ring (bicyclic) bond motifs is 1. The van der Waals surface area contributed by atoms with E-state index in [2.05, 4.69) is 25.8 Å². The SMILES string of the molecule is CCCc1cc2c(C(F)(F)F)noc2c(CCC)c1OC(c1ccc(Cl)cc1)c1nnn[nH]1. The third kappa shape index (κ3) is 4.66. The van der Waals surface area contributed by atoms with Gasteiger partial charge in [-0.1, -0.05) is 55.6 Å². The summed E-state index contributed by atoms with van der Waals surface area (Å²) >= 11 is 6.04. The second-order valence-corrected chi connectivity index (χ2v) is 8.02. The summed E-state index contributed by atoms with van der Waals surface area (Å²) in [4.78, 5) is 0. The molecule has 33 heavy (non-hydrogen) atoms. The van der Waals surface area contributed by atoms with Crippen LogP contribution in [-0.4, -0.2) is 25.8 Å². The number of ether oxygens (including phenoxy) is 1. The zero-order valence-corrected chi connectivity index (χ0v) is 18.7. The Morgan fingerprint density at radius 3 is 2.45 bits per heavy atom. The van der Waals surface area contributed by atoms with E-state index in [0.29, 0.717) is 53.4 Å². The summed E-state index contributed by atoms with van der Waals surface area (Å²) in [7, 11) is 0. The summed E-state index contributed by atoms with van der Waals surface area (Å²) < 4.78 is 52.3. The fourth-order valence-electron chi connectivity index (χ4n) is 3.78. The Morgan fingerprint density at radius 1 is 1.12 bits per heavy atom. The molecule has 4 rings (SSSR count). The highest BCUT2D eigenvalue weighted by Gasteiger charge is 2.38.